The molecule has 2 nitrogen and oxygen atoms in total. The highest BCUT2D eigenvalue weighted by Crippen LogP contribution is 2.35. The molecule has 1 aliphatic rings. The molecule has 0 spiro atoms. The Morgan fingerprint density at radius 2 is 1.88 bits per heavy atom. The zero-order chi connectivity index (χ0) is 12.5. The molecule has 1 aromatic rings. The van der Waals surface area contributed by atoms with Gasteiger partial charge in [0.05, 0.1) is 6.61 Å². The normalized spacial score (nSPS) is 20.9. The molecule has 1 atom stereocenters. The van der Waals surface area contributed by atoms with E-state index in [1.165, 1.54) is 4.90 Å². The van der Waals surface area contributed by atoms with Crippen LogP contribution >= 0.6 is 0 Å². The molecule has 1 aliphatic heterocycles. The molecule has 94 valence electrons. The first kappa shape index (κ1) is 12.2. The lowest BCUT2D eigenvalue weighted by molar-refractivity contribution is -0.145. The molecule has 17 heavy (non-hydrogen) atoms. The average molecular weight is 245 g/mol. The smallest absolute Gasteiger partial charge is 0.392 e. The van der Waals surface area contributed by atoms with Gasteiger partial charge in [-0.2, -0.15) is 13.2 Å². The Hall–Kier alpha value is -1.23. The number of benzene rings is 1. The Balaban J connectivity index is 2.20. The lowest BCUT2D eigenvalue weighted by atomic mass is 10.1. The van der Waals surface area contributed by atoms with E-state index in [4.69, 9.17) is 5.11 Å². The van der Waals surface area contributed by atoms with Crippen molar-refractivity contribution < 1.29 is 18.3 Å². The van der Waals surface area contributed by atoms with E-state index in [1.54, 1.807) is 24.3 Å². The maximum absolute atomic E-state index is 12.8. The predicted octanol–water partition coefficient (Wildman–Crippen LogP) is 2.71. The molecule has 1 aromatic carbocycles. The van der Waals surface area contributed by atoms with Crippen LogP contribution in [0.4, 0.5) is 18.9 Å². The van der Waals surface area contributed by atoms with Gasteiger partial charge in [-0.05, 0) is 30.5 Å². The highest BCUT2D eigenvalue weighted by atomic mass is 19.4. The van der Waals surface area contributed by atoms with Crippen molar-refractivity contribution in [2.45, 2.75) is 31.7 Å². The summed E-state index contributed by atoms with van der Waals surface area (Å²) in [4.78, 5) is 1.39. The van der Waals surface area contributed by atoms with Gasteiger partial charge in [0.25, 0.3) is 0 Å². The number of anilines is 1. The summed E-state index contributed by atoms with van der Waals surface area (Å²) in [6.07, 6.45) is -3.46. The molecule has 0 aliphatic carbocycles. The van der Waals surface area contributed by atoms with Crippen LogP contribution in [-0.2, 0) is 6.61 Å². The molecule has 1 heterocycles. The molecule has 0 saturated carbocycles. The average Bonchev–Trinajstić information content (AvgIpc) is 2.78. The maximum Gasteiger partial charge on any atom is 0.408 e. The zero-order valence-corrected chi connectivity index (χ0v) is 9.24. The summed E-state index contributed by atoms with van der Waals surface area (Å²) in [5, 5.41) is 8.88. The summed E-state index contributed by atoms with van der Waals surface area (Å²) >= 11 is 0. The van der Waals surface area contributed by atoms with Crippen LogP contribution in [0.25, 0.3) is 0 Å². The maximum atomic E-state index is 12.8. The van der Waals surface area contributed by atoms with Gasteiger partial charge >= 0.3 is 6.18 Å². The van der Waals surface area contributed by atoms with Crippen molar-refractivity contribution in [3.8, 4) is 0 Å². The second kappa shape index (κ2) is 4.56. The van der Waals surface area contributed by atoms with Crippen molar-refractivity contribution in [3.63, 3.8) is 0 Å². The minimum atomic E-state index is -4.17. The Bertz CT molecular complexity index is 374. The molecule has 1 fully saturated rings. The topological polar surface area (TPSA) is 23.5 Å². The zero-order valence-electron chi connectivity index (χ0n) is 9.24. The first-order chi connectivity index (χ1) is 8.02. The third-order valence-corrected chi connectivity index (χ3v) is 3.08. The van der Waals surface area contributed by atoms with Gasteiger partial charge in [-0.3, -0.25) is 0 Å². The Morgan fingerprint density at radius 3 is 2.41 bits per heavy atom. The number of aliphatic hydroxyl groups is 1. The molecule has 0 bridgehead atoms. The van der Waals surface area contributed by atoms with Crippen LogP contribution in [0.5, 0.6) is 0 Å². The first-order valence-electron chi connectivity index (χ1n) is 5.55. The molecule has 0 amide bonds. The number of alkyl halides is 3. The molecule has 0 aromatic heterocycles. The van der Waals surface area contributed by atoms with Crippen LogP contribution in [0.1, 0.15) is 18.4 Å². The van der Waals surface area contributed by atoms with E-state index in [0.29, 0.717) is 24.2 Å². The number of halogens is 3. The SMILES string of the molecule is OCc1ccc(N2CCC[C@H]2C(F)(F)F)cc1. The van der Waals surface area contributed by atoms with Crippen LogP contribution in [0.15, 0.2) is 24.3 Å². The molecule has 5 heteroatoms. The van der Waals surface area contributed by atoms with Crippen LogP contribution in [0.2, 0.25) is 0 Å². The van der Waals surface area contributed by atoms with E-state index in [9.17, 15) is 13.2 Å². The summed E-state index contributed by atoms with van der Waals surface area (Å²) in [6, 6.07) is 5.20. The van der Waals surface area contributed by atoms with Crippen LogP contribution in [0, 0.1) is 0 Å². The van der Waals surface area contributed by atoms with Crippen LogP contribution in [0.3, 0.4) is 0 Å². The second-order valence-corrected chi connectivity index (χ2v) is 4.22. The molecule has 2 rings (SSSR count). The summed E-state index contributed by atoms with van der Waals surface area (Å²) in [7, 11) is 0. The number of hydrogen-bond donors (Lipinski definition) is 1. The molecular weight excluding hydrogens is 231 g/mol. The summed E-state index contributed by atoms with van der Waals surface area (Å²) in [5.74, 6) is 0. The predicted molar refractivity (Wildman–Crippen MR) is 58.8 cm³/mol. The third-order valence-electron chi connectivity index (χ3n) is 3.08. The Morgan fingerprint density at radius 1 is 1.24 bits per heavy atom. The Kier molecular flexibility index (Phi) is 3.28. The van der Waals surface area contributed by atoms with Gasteiger partial charge in [0.15, 0.2) is 0 Å². The minimum absolute atomic E-state index is 0.0943. The van der Waals surface area contributed by atoms with Gasteiger partial charge in [-0.1, -0.05) is 12.1 Å². The molecule has 0 radical (unpaired) electrons. The largest absolute Gasteiger partial charge is 0.408 e. The first-order valence-corrected chi connectivity index (χ1v) is 5.55. The van der Waals surface area contributed by atoms with Crippen molar-refractivity contribution >= 4 is 5.69 Å². The quantitative estimate of drug-likeness (QED) is 0.866. The monoisotopic (exact) mass is 245 g/mol. The van der Waals surface area contributed by atoms with Gasteiger partial charge in [-0.25, -0.2) is 0 Å². The minimum Gasteiger partial charge on any atom is -0.392 e. The van der Waals surface area contributed by atoms with E-state index in [1.807, 2.05) is 0 Å². The van der Waals surface area contributed by atoms with Crippen molar-refractivity contribution in [3.05, 3.63) is 29.8 Å². The van der Waals surface area contributed by atoms with E-state index < -0.39 is 12.2 Å². The lowest BCUT2D eigenvalue weighted by Crippen LogP contribution is -2.41. The van der Waals surface area contributed by atoms with E-state index in [2.05, 4.69) is 0 Å². The summed E-state index contributed by atoms with van der Waals surface area (Å²) in [6.45, 7) is 0.339. The molecule has 1 saturated heterocycles. The van der Waals surface area contributed by atoms with Crippen molar-refractivity contribution in [2.24, 2.45) is 0 Å². The number of aliphatic hydroxyl groups excluding tert-OH is 1. The van der Waals surface area contributed by atoms with Gasteiger partial charge in [0.2, 0.25) is 0 Å². The number of hydrogen-bond acceptors (Lipinski definition) is 2. The summed E-state index contributed by atoms with van der Waals surface area (Å²) in [5.41, 5.74) is 1.28. The van der Waals surface area contributed by atoms with Crippen LogP contribution in [-0.4, -0.2) is 23.9 Å². The number of nitrogens with zero attached hydrogens (tertiary/aromatic N) is 1. The highest BCUT2D eigenvalue weighted by Gasteiger charge is 2.45. The van der Waals surface area contributed by atoms with E-state index >= 15 is 0 Å². The van der Waals surface area contributed by atoms with Crippen LogP contribution < -0.4 is 4.90 Å². The fourth-order valence-electron chi connectivity index (χ4n) is 2.21. The van der Waals surface area contributed by atoms with Gasteiger partial charge in [0.1, 0.15) is 6.04 Å². The molecule has 0 unspecified atom stereocenters. The van der Waals surface area contributed by atoms with Crippen molar-refractivity contribution in [1.29, 1.82) is 0 Å². The highest BCUT2D eigenvalue weighted by molar-refractivity contribution is 5.49. The van der Waals surface area contributed by atoms with Gasteiger partial charge in [0, 0.05) is 12.2 Å². The van der Waals surface area contributed by atoms with E-state index in [0.717, 1.165) is 0 Å². The molecular formula is C12H14F3NO. The fourth-order valence-corrected chi connectivity index (χ4v) is 2.21. The molecule has 1 N–H and O–H groups in total. The summed E-state index contributed by atoms with van der Waals surface area (Å²) < 4.78 is 38.3. The fraction of sp³-hybridized carbons (Fsp3) is 0.500. The standard InChI is InChI=1S/C12H14F3NO/c13-12(14,15)11-2-1-7-16(11)10-5-3-9(8-17)4-6-10/h3-6,11,17H,1-2,7-8H2/t11-/m0/s1. The van der Waals surface area contributed by atoms with Crippen molar-refractivity contribution in [1.82, 2.24) is 0 Å². The van der Waals surface area contributed by atoms with Gasteiger partial charge < -0.3 is 10.0 Å². The third kappa shape index (κ3) is 2.54. The van der Waals surface area contributed by atoms with Crippen molar-refractivity contribution in [2.75, 3.05) is 11.4 Å². The number of rotatable bonds is 2. The Labute approximate surface area is 97.7 Å². The van der Waals surface area contributed by atoms with Gasteiger partial charge in [-0.15, -0.1) is 0 Å². The second-order valence-electron chi connectivity index (χ2n) is 4.22. The lowest BCUT2D eigenvalue weighted by Gasteiger charge is -2.28. The van der Waals surface area contributed by atoms with E-state index in [-0.39, 0.29) is 13.0 Å².